The molecule has 1 aromatic rings. The second-order valence-corrected chi connectivity index (χ2v) is 3.40. The average Bonchev–Trinajstić information content (AvgIpc) is 2.67. The zero-order chi connectivity index (χ0) is 10.1. The zero-order valence-electron chi connectivity index (χ0n) is 7.86. The van der Waals surface area contributed by atoms with Crippen molar-refractivity contribution in [2.45, 2.75) is 25.8 Å². The number of hydrogen-bond acceptors (Lipinski definition) is 2. The van der Waals surface area contributed by atoms with Gasteiger partial charge in [-0.15, -0.1) is 6.58 Å². The lowest BCUT2D eigenvalue weighted by Crippen LogP contribution is -2.05. The van der Waals surface area contributed by atoms with Crippen LogP contribution in [0.25, 0.3) is 0 Å². The second kappa shape index (κ2) is 3.29. The topological polar surface area (TPSA) is 55.1 Å². The van der Waals surface area contributed by atoms with Gasteiger partial charge in [-0.1, -0.05) is 6.08 Å². The van der Waals surface area contributed by atoms with E-state index in [0.29, 0.717) is 6.54 Å². The molecule has 0 amide bonds. The minimum atomic E-state index is -0.925. The molecular weight excluding hydrogens is 180 g/mol. The third kappa shape index (κ3) is 1.23. The Hall–Kier alpha value is -1.58. The molecule has 0 saturated carbocycles. The van der Waals surface area contributed by atoms with Gasteiger partial charge in [0.1, 0.15) is 0 Å². The molecule has 1 aliphatic rings. The Morgan fingerprint density at radius 2 is 2.43 bits per heavy atom. The van der Waals surface area contributed by atoms with Crippen molar-refractivity contribution < 1.29 is 9.90 Å². The van der Waals surface area contributed by atoms with E-state index < -0.39 is 5.97 Å². The molecule has 1 heterocycles. The fourth-order valence-electron chi connectivity index (χ4n) is 1.95. The van der Waals surface area contributed by atoms with E-state index in [1.54, 1.807) is 10.8 Å². The first-order chi connectivity index (χ1) is 6.74. The van der Waals surface area contributed by atoms with Crippen molar-refractivity contribution in [3.05, 3.63) is 29.6 Å². The molecule has 74 valence electrons. The number of carboxylic acid groups (broad SMARTS) is 1. The van der Waals surface area contributed by atoms with E-state index in [4.69, 9.17) is 5.11 Å². The van der Waals surface area contributed by atoms with Crippen LogP contribution in [0, 0.1) is 0 Å². The van der Waals surface area contributed by atoms with Crippen LogP contribution in [0.4, 0.5) is 0 Å². The average molecular weight is 192 g/mol. The van der Waals surface area contributed by atoms with E-state index in [9.17, 15) is 4.79 Å². The normalized spacial score (nSPS) is 14.0. The molecule has 0 aromatic carbocycles. The van der Waals surface area contributed by atoms with Gasteiger partial charge in [0.25, 0.3) is 0 Å². The van der Waals surface area contributed by atoms with Crippen molar-refractivity contribution in [3.8, 4) is 0 Å². The highest BCUT2D eigenvalue weighted by molar-refractivity contribution is 5.87. The van der Waals surface area contributed by atoms with E-state index in [1.165, 1.54) is 0 Å². The minimum Gasteiger partial charge on any atom is -0.476 e. The van der Waals surface area contributed by atoms with Gasteiger partial charge in [0.15, 0.2) is 5.69 Å². The number of hydrogen-bond donors (Lipinski definition) is 1. The maximum Gasteiger partial charge on any atom is 0.356 e. The highest BCUT2D eigenvalue weighted by Crippen LogP contribution is 2.25. The number of aromatic nitrogens is 2. The number of nitrogens with zero attached hydrogens (tertiary/aromatic N) is 2. The SMILES string of the molecule is C=CCn1nc(C(=O)O)c2c1CCC2. The molecule has 0 bridgehead atoms. The predicted octanol–water partition coefficient (Wildman–Crippen LogP) is 1.26. The summed E-state index contributed by atoms with van der Waals surface area (Å²) in [7, 11) is 0. The molecule has 0 fully saturated rings. The molecule has 0 spiro atoms. The van der Waals surface area contributed by atoms with E-state index in [1.807, 2.05) is 0 Å². The highest BCUT2D eigenvalue weighted by Gasteiger charge is 2.25. The van der Waals surface area contributed by atoms with Gasteiger partial charge in [-0.3, -0.25) is 4.68 Å². The maximum absolute atomic E-state index is 10.9. The number of carboxylic acids is 1. The van der Waals surface area contributed by atoms with E-state index in [-0.39, 0.29) is 5.69 Å². The molecule has 1 aliphatic carbocycles. The first-order valence-electron chi connectivity index (χ1n) is 4.66. The lowest BCUT2D eigenvalue weighted by molar-refractivity contribution is 0.0688. The van der Waals surface area contributed by atoms with Gasteiger partial charge in [-0.2, -0.15) is 5.10 Å². The van der Waals surface area contributed by atoms with Gasteiger partial charge in [-0.25, -0.2) is 4.79 Å². The summed E-state index contributed by atoms with van der Waals surface area (Å²) in [6, 6.07) is 0. The lowest BCUT2D eigenvalue weighted by Gasteiger charge is -1.99. The van der Waals surface area contributed by atoms with Crippen molar-refractivity contribution in [1.82, 2.24) is 9.78 Å². The van der Waals surface area contributed by atoms with Gasteiger partial charge >= 0.3 is 5.97 Å². The van der Waals surface area contributed by atoms with Gasteiger partial charge < -0.3 is 5.11 Å². The molecule has 4 nitrogen and oxygen atoms in total. The summed E-state index contributed by atoms with van der Waals surface area (Å²) in [6.45, 7) is 4.22. The van der Waals surface area contributed by atoms with Crippen LogP contribution in [-0.2, 0) is 19.4 Å². The monoisotopic (exact) mass is 192 g/mol. The van der Waals surface area contributed by atoms with Gasteiger partial charge in [0, 0.05) is 11.3 Å². The van der Waals surface area contributed by atoms with Crippen LogP contribution in [0.1, 0.15) is 28.2 Å². The minimum absolute atomic E-state index is 0.222. The fourth-order valence-corrected chi connectivity index (χ4v) is 1.95. The molecule has 0 aliphatic heterocycles. The molecule has 0 radical (unpaired) electrons. The van der Waals surface area contributed by atoms with Crippen molar-refractivity contribution in [1.29, 1.82) is 0 Å². The van der Waals surface area contributed by atoms with Crippen molar-refractivity contribution in [3.63, 3.8) is 0 Å². The third-order valence-electron chi connectivity index (χ3n) is 2.51. The highest BCUT2D eigenvalue weighted by atomic mass is 16.4. The number of carbonyl (C=O) groups is 1. The molecule has 0 atom stereocenters. The summed E-state index contributed by atoms with van der Waals surface area (Å²) in [6.07, 6.45) is 4.54. The summed E-state index contributed by atoms with van der Waals surface area (Å²) in [4.78, 5) is 10.9. The van der Waals surface area contributed by atoms with Crippen LogP contribution in [-0.4, -0.2) is 20.9 Å². The summed E-state index contributed by atoms with van der Waals surface area (Å²) in [5.74, 6) is -0.925. The fraction of sp³-hybridized carbons (Fsp3) is 0.400. The number of rotatable bonds is 3. The third-order valence-corrected chi connectivity index (χ3v) is 2.51. The smallest absolute Gasteiger partial charge is 0.356 e. The van der Waals surface area contributed by atoms with Crippen molar-refractivity contribution in [2.75, 3.05) is 0 Å². The Balaban J connectivity index is 2.48. The predicted molar refractivity (Wildman–Crippen MR) is 51.4 cm³/mol. The molecule has 4 heteroatoms. The van der Waals surface area contributed by atoms with E-state index in [0.717, 1.165) is 30.5 Å². The lowest BCUT2D eigenvalue weighted by atomic mass is 10.2. The van der Waals surface area contributed by atoms with Gasteiger partial charge in [0.05, 0.1) is 6.54 Å². The van der Waals surface area contributed by atoms with Gasteiger partial charge in [0.2, 0.25) is 0 Å². The maximum atomic E-state index is 10.9. The Kier molecular flexibility index (Phi) is 2.11. The quantitative estimate of drug-likeness (QED) is 0.733. The zero-order valence-corrected chi connectivity index (χ0v) is 7.86. The molecular formula is C10H12N2O2. The van der Waals surface area contributed by atoms with Crippen LogP contribution >= 0.6 is 0 Å². The Morgan fingerprint density at radius 1 is 1.64 bits per heavy atom. The first kappa shape index (κ1) is 8.99. The van der Waals surface area contributed by atoms with Gasteiger partial charge in [-0.05, 0) is 19.3 Å². The number of aromatic carboxylic acids is 1. The van der Waals surface area contributed by atoms with Crippen LogP contribution in [0.2, 0.25) is 0 Å². The second-order valence-electron chi connectivity index (χ2n) is 3.40. The number of fused-ring (bicyclic) bond motifs is 1. The first-order valence-corrected chi connectivity index (χ1v) is 4.66. The Labute approximate surface area is 81.9 Å². The molecule has 1 aromatic heterocycles. The molecule has 14 heavy (non-hydrogen) atoms. The van der Waals surface area contributed by atoms with Crippen LogP contribution in [0.15, 0.2) is 12.7 Å². The van der Waals surface area contributed by atoms with Crippen molar-refractivity contribution in [2.24, 2.45) is 0 Å². The summed E-state index contributed by atoms with van der Waals surface area (Å²) < 4.78 is 1.75. The van der Waals surface area contributed by atoms with Crippen LogP contribution in [0.5, 0.6) is 0 Å². The molecule has 0 saturated heterocycles. The van der Waals surface area contributed by atoms with Crippen LogP contribution in [0.3, 0.4) is 0 Å². The van der Waals surface area contributed by atoms with Crippen molar-refractivity contribution >= 4 is 5.97 Å². The standard InChI is InChI=1S/C10H12N2O2/c1-2-6-12-8-5-3-4-7(8)9(11-12)10(13)14/h2H,1,3-6H2,(H,13,14). The largest absolute Gasteiger partial charge is 0.476 e. The van der Waals surface area contributed by atoms with E-state index in [2.05, 4.69) is 11.7 Å². The molecule has 2 rings (SSSR count). The van der Waals surface area contributed by atoms with E-state index >= 15 is 0 Å². The Morgan fingerprint density at radius 3 is 3.07 bits per heavy atom. The summed E-state index contributed by atoms with van der Waals surface area (Å²) >= 11 is 0. The summed E-state index contributed by atoms with van der Waals surface area (Å²) in [5.41, 5.74) is 2.21. The molecule has 1 N–H and O–H groups in total. The van der Waals surface area contributed by atoms with Crippen LogP contribution < -0.4 is 0 Å². The molecule has 0 unspecified atom stereocenters. The summed E-state index contributed by atoms with van der Waals surface area (Å²) in [5, 5.41) is 13.0. The number of allylic oxidation sites excluding steroid dienone is 1. The Bertz CT molecular complexity index is 393.